The van der Waals surface area contributed by atoms with Gasteiger partial charge in [0.05, 0.1) is 11.8 Å². The standard InChI is InChI=1S/C21H16ClN3O/c22-16-5-3-4-15(12-16)18-13-19-17-6-1-2-7-20(17)26-21(25(19)24-18)14-8-10-23-11-9-14/h1-12,19,21H,13H2/t19-,21-/m0/s1. The maximum absolute atomic E-state index is 6.30. The first-order valence-electron chi connectivity index (χ1n) is 8.57. The first kappa shape index (κ1) is 15.4. The third-order valence-corrected chi connectivity index (χ3v) is 5.08. The molecule has 0 amide bonds. The van der Waals surface area contributed by atoms with Crippen molar-refractivity contribution in [2.45, 2.75) is 18.7 Å². The van der Waals surface area contributed by atoms with E-state index in [9.17, 15) is 0 Å². The van der Waals surface area contributed by atoms with E-state index in [0.717, 1.165) is 34.0 Å². The van der Waals surface area contributed by atoms with Crippen LogP contribution in [-0.2, 0) is 0 Å². The summed E-state index contributed by atoms with van der Waals surface area (Å²) in [4.78, 5) is 4.12. The number of fused-ring (bicyclic) bond motifs is 3. The molecule has 0 aliphatic carbocycles. The molecule has 0 fully saturated rings. The Morgan fingerprint density at radius 1 is 1.00 bits per heavy atom. The van der Waals surface area contributed by atoms with Crippen molar-refractivity contribution in [1.29, 1.82) is 0 Å². The van der Waals surface area contributed by atoms with Crippen LogP contribution in [0.15, 0.2) is 78.2 Å². The minimum atomic E-state index is -0.269. The van der Waals surface area contributed by atoms with Gasteiger partial charge in [0.15, 0.2) is 0 Å². The van der Waals surface area contributed by atoms with E-state index in [-0.39, 0.29) is 12.3 Å². The van der Waals surface area contributed by atoms with Crippen molar-refractivity contribution in [2.75, 3.05) is 0 Å². The number of rotatable bonds is 2. The Morgan fingerprint density at radius 2 is 1.85 bits per heavy atom. The molecule has 2 aromatic carbocycles. The van der Waals surface area contributed by atoms with Gasteiger partial charge in [0.1, 0.15) is 5.75 Å². The topological polar surface area (TPSA) is 37.7 Å². The quantitative estimate of drug-likeness (QED) is 0.646. The Labute approximate surface area is 156 Å². The number of halogens is 1. The van der Waals surface area contributed by atoms with Gasteiger partial charge in [0, 0.05) is 35.0 Å². The third kappa shape index (κ3) is 2.54. The number of hydrogen-bond acceptors (Lipinski definition) is 4. The average Bonchev–Trinajstić information content (AvgIpc) is 3.14. The highest BCUT2D eigenvalue weighted by atomic mass is 35.5. The number of benzene rings is 2. The van der Waals surface area contributed by atoms with Gasteiger partial charge in [-0.25, -0.2) is 5.01 Å². The van der Waals surface area contributed by atoms with Crippen LogP contribution >= 0.6 is 11.6 Å². The van der Waals surface area contributed by atoms with E-state index in [4.69, 9.17) is 21.4 Å². The van der Waals surface area contributed by atoms with Crippen LogP contribution in [0.25, 0.3) is 0 Å². The number of hydrazone groups is 1. The van der Waals surface area contributed by atoms with Gasteiger partial charge < -0.3 is 4.74 Å². The van der Waals surface area contributed by atoms with Crippen LogP contribution in [-0.4, -0.2) is 15.7 Å². The highest BCUT2D eigenvalue weighted by Gasteiger charge is 2.40. The monoisotopic (exact) mass is 361 g/mol. The Bertz CT molecular complexity index is 989. The summed E-state index contributed by atoms with van der Waals surface area (Å²) < 4.78 is 6.30. The van der Waals surface area contributed by atoms with Crippen LogP contribution in [0.5, 0.6) is 5.75 Å². The lowest BCUT2D eigenvalue weighted by molar-refractivity contribution is -0.0190. The second-order valence-corrected chi connectivity index (χ2v) is 6.88. The summed E-state index contributed by atoms with van der Waals surface area (Å²) in [6.07, 6.45) is 4.12. The first-order chi connectivity index (χ1) is 12.8. The molecule has 0 unspecified atom stereocenters. The molecule has 26 heavy (non-hydrogen) atoms. The minimum absolute atomic E-state index is 0.145. The summed E-state index contributed by atoms with van der Waals surface area (Å²) in [5.41, 5.74) is 4.28. The van der Waals surface area contributed by atoms with Crippen LogP contribution in [0.3, 0.4) is 0 Å². The van der Waals surface area contributed by atoms with E-state index in [1.807, 2.05) is 48.5 Å². The molecule has 4 nitrogen and oxygen atoms in total. The molecule has 3 aromatic rings. The smallest absolute Gasteiger partial charge is 0.213 e. The van der Waals surface area contributed by atoms with Crippen molar-refractivity contribution in [2.24, 2.45) is 5.10 Å². The second-order valence-electron chi connectivity index (χ2n) is 6.45. The fourth-order valence-corrected chi connectivity index (χ4v) is 3.82. The SMILES string of the molecule is Clc1cccc(C2=NN3[C@@H](C2)c2ccccc2O[C@H]3c2ccncc2)c1. The third-order valence-electron chi connectivity index (χ3n) is 4.85. The molecule has 0 N–H and O–H groups in total. The van der Waals surface area contributed by atoms with Crippen molar-refractivity contribution in [3.63, 3.8) is 0 Å². The van der Waals surface area contributed by atoms with Crippen molar-refractivity contribution in [3.05, 3.63) is 94.8 Å². The molecule has 0 bridgehead atoms. The average molecular weight is 362 g/mol. The highest BCUT2D eigenvalue weighted by Crippen LogP contribution is 2.47. The van der Waals surface area contributed by atoms with E-state index in [1.165, 1.54) is 5.56 Å². The fourth-order valence-electron chi connectivity index (χ4n) is 3.62. The van der Waals surface area contributed by atoms with Crippen LogP contribution in [0.4, 0.5) is 0 Å². The van der Waals surface area contributed by atoms with Crippen LogP contribution < -0.4 is 4.74 Å². The normalized spacial score (nSPS) is 20.8. The van der Waals surface area contributed by atoms with Gasteiger partial charge in [0.25, 0.3) is 0 Å². The number of pyridine rings is 1. The summed E-state index contributed by atoms with van der Waals surface area (Å²) in [5.74, 6) is 0.915. The molecular weight excluding hydrogens is 346 g/mol. The molecular formula is C21H16ClN3O. The molecule has 5 heteroatoms. The van der Waals surface area contributed by atoms with E-state index < -0.39 is 0 Å². The predicted molar refractivity (Wildman–Crippen MR) is 101 cm³/mol. The highest BCUT2D eigenvalue weighted by molar-refractivity contribution is 6.31. The lowest BCUT2D eigenvalue weighted by Crippen LogP contribution is -2.33. The second kappa shape index (κ2) is 6.15. The summed E-state index contributed by atoms with van der Waals surface area (Å²) in [7, 11) is 0. The number of para-hydroxylation sites is 1. The van der Waals surface area contributed by atoms with Gasteiger partial charge >= 0.3 is 0 Å². The molecule has 2 atom stereocenters. The molecule has 128 valence electrons. The van der Waals surface area contributed by atoms with E-state index in [1.54, 1.807) is 12.4 Å². The zero-order valence-electron chi connectivity index (χ0n) is 13.9. The van der Waals surface area contributed by atoms with Gasteiger partial charge in [-0.15, -0.1) is 0 Å². The predicted octanol–water partition coefficient (Wildman–Crippen LogP) is 4.98. The molecule has 0 saturated heterocycles. The molecule has 2 aliphatic rings. The van der Waals surface area contributed by atoms with Crippen molar-refractivity contribution >= 4 is 17.3 Å². The van der Waals surface area contributed by atoms with E-state index >= 15 is 0 Å². The first-order valence-corrected chi connectivity index (χ1v) is 8.95. The van der Waals surface area contributed by atoms with Gasteiger partial charge in [0.2, 0.25) is 6.23 Å². The molecule has 3 heterocycles. The lowest BCUT2D eigenvalue weighted by atomic mass is 9.96. The van der Waals surface area contributed by atoms with Crippen molar-refractivity contribution < 1.29 is 4.74 Å². The van der Waals surface area contributed by atoms with Gasteiger partial charge in [-0.2, -0.15) is 5.10 Å². The lowest BCUT2D eigenvalue weighted by Gasteiger charge is -2.38. The van der Waals surface area contributed by atoms with Crippen LogP contribution in [0.1, 0.15) is 35.4 Å². The van der Waals surface area contributed by atoms with E-state index in [0.29, 0.717) is 0 Å². The van der Waals surface area contributed by atoms with Gasteiger partial charge in [-0.1, -0.05) is 41.9 Å². The van der Waals surface area contributed by atoms with Crippen LogP contribution in [0.2, 0.25) is 5.02 Å². The van der Waals surface area contributed by atoms with Crippen molar-refractivity contribution in [1.82, 2.24) is 9.99 Å². The van der Waals surface area contributed by atoms with E-state index in [2.05, 4.69) is 22.1 Å². The Hall–Kier alpha value is -2.85. The van der Waals surface area contributed by atoms with Gasteiger partial charge in [-0.05, 0) is 35.9 Å². The number of aromatic nitrogens is 1. The molecule has 0 spiro atoms. The molecule has 0 saturated carbocycles. The Balaban J connectivity index is 1.60. The minimum Gasteiger partial charge on any atom is -0.464 e. The fraction of sp³-hybridized carbons (Fsp3) is 0.143. The Kier molecular flexibility index (Phi) is 3.64. The summed E-state index contributed by atoms with van der Waals surface area (Å²) in [5, 5.41) is 7.71. The maximum Gasteiger partial charge on any atom is 0.213 e. The largest absolute Gasteiger partial charge is 0.464 e. The van der Waals surface area contributed by atoms with Gasteiger partial charge in [-0.3, -0.25) is 4.98 Å². The van der Waals surface area contributed by atoms with Crippen LogP contribution in [0, 0.1) is 0 Å². The molecule has 1 aromatic heterocycles. The maximum atomic E-state index is 6.30. The summed E-state index contributed by atoms with van der Waals surface area (Å²) in [6, 6.07) is 20.2. The molecule has 2 aliphatic heterocycles. The number of hydrogen-bond donors (Lipinski definition) is 0. The Morgan fingerprint density at radius 3 is 2.69 bits per heavy atom. The zero-order chi connectivity index (χ0) is 17.5. The number of ether oxygens (including phenoxy) is 1. The van der Waals surface area contributed by atoms with Crippen molar-refractivity contribution in [3.8, 4) is 5.75 Å². The summed E-state index contributed by atoms with van der Waals surface area (Å²) >= 11 is 6.18. The molecule has 0 radical (unpaired) electrons. The molecule has 5 rings (SSSR count). The summed E-state index contributed by atoms with van der Waals surface area (Å²) in [6.45, 7) is 0. The number of nitrogens with zero attached hydrogens (tertiary/aromatic N) is 3. The zero-order valence-corrected chi connectivity index (χ0v) is 14.7.